The first kappa shape index (κ1) is 24.8. The van der Waals surface area contributed by atoms with Gasteiger partial charge in [-0.1, -0.05) is 90.0 Å². The minimum atomic E-state index is 1.16. The number of nitrogens with zero attached hydrogens (tertiary/aromatic N) is 1. The zero-order valence-electron chi connectivity index (χ0n) is 22.8. The standard InChI is InChI=1S/C37H29NS2/c1-24-10-7-13-27(20-24)34-31-18-19-39-36(31)35(28-14-8-11-25(2)21-28)32-23-33(40-37(32)34)38(29-15-5-4-6-16-29)30-17-9-12-26(3)22-30/h4-23H,1-3H3. The zero-order chi connectivity index (χ0) is 27.2. The Morgan fingerprint density at radius 2 is 1.10 bits per heavy atom. The van der Waals surface area contributed by atoms with Crippen LogP contribution in [0.25, 0.3) is 42.4 Å². The van der Waals surface area contributed by atoms with E-state index in [-0.39, 0.29) is 0 Å². The molecule has 0 amide bonds. The first-order valence-electron chi connectivity index (χ1n) is 13.6. The van der Waals surface area contributed by atoms with E-state index in [9.17, 15) is 0 Å². The molecule has 0 radical (unpaired) electrons. The van der Waals surface area contributed by atoms with Crippen LogP contribution in [0.2, 0.25) is 0 Å². The normalized spacial score (nSPS) is 11.4. The van der Waals surface area contributed by atoms with Gasteiger partial charge in [-0.2, -0.15) is 0 Å². The third-order valence-electron chi connectivity index (χ3n) is 7.49. The molecule has 0 saturated heterocycles. The summed E-state index contributed by atoms with van der Waals surface area (Å²) in [5.41, 5.74) is 11.4. The van der Waals surface area contributed by atoms with E-state index in [0.29, 0.717) is 0 Å². The monoisotopic (exact) mass is 551 g/mol. The van der Waals surface area contributed by atoms with Gasteiger partial charge in [0.15, 0.2) is 0 Å². The first-order valence-corrected chi connectivity index (χ1v) is 15.3. The second-order valence-corrected chi connectivity index (χ2v) is 12.4. The second kappa shape index (κ2) is 10.1. The number of fused-ring (bicyclic) bond motifs is 2. The molecule has 40 heavy (non-hydrogen) atoms. The van der Waals surface area contributed by atoms with Gasteiger partial charge in [0.05, 0.1) is 0 Å². The third-order valence-corrected chi connectivity index (χ3v) is 9.55. The minimum absolute atomic E-state index is 1.16. The van der Waals surface area contributed by atoms with Gasteiger partial charge >= 0.3 is 0 Å². The lowest BCUT2D eigenvalue weighted by Crippen LogP contribution is -2.08. The van der Waals surface area contributed by atoms with Crippen molar-refractivity contribution < 1.29 is 0 Å². The molecule has 0 unspecified atom stereocenters. The molecule has 7 aromatic rings. The van der Waals surface area contributed by atoms with E-state index in [1.807, 2.05) is 22.7 Å². The summed E-state index contributed by atoms with van der Waals surface area (Å²) in [6.07, 6.45) is 0. The lowest BCUT2D eigenvalue weighted by molar-refractivity contribution is 1.30. The number of hydrogen-bond acceptors (Lipinski definition) is 3. The maximum atomic E-state index is 2.42. The average molecular weight is 552 g/mol. The van der Waals surface area contributed by atoms with Crippen molar-refractivity contribution in [1.29, 1.82) is 0 Å². The van der Waals surface area contributed by atoms with Crippen LogP contribution in [0.3, 0.4) is 0 Å². The van der Waals surface area contributed by atoms with E-state index in [1.54, 1.807) is 0 Å². The van der Waals surface area contributed by atoms with Gasteiger partial charge in [0.1, 0.15) is 5.00 Å². The topological polar surface area (TPSA) is 3.24 Å². The minimum Gasteiger partial charge on any atom is -0.302 e. The first-order chi connectivity index (χ1) is 19.6. The molecule has 0 aliphatic rings. The third kappa shape index (κ3) is 4.32. The Balaban J connectivity index is 1.60. The van der Waals surface area contributed by atoms with Crippen molar-refractivity contribution in [3.05, 3.63) is 137 Å². The molecule has 0 saturated carbocycles. The highest BCUT2D eigenvalue weighted by molar-refractivity contribution is 7.24. The van der Waals surface area contributed by atoms with E-state index in [4.69, 9.17) is 0 Å². The SMILES string of the molecule is Cc1cccc(-c2c3cc(N(c4ccccc4)c4cccc(C)c4)sc3c(-c3cccc(C)c3)c3ccsc23)c1. The average Bonchev–Trinajstić information content (AvgIpc) is 3.60. The highest BCUT2D eigenvalue weighted by Gasteiger charge is 2.23. The van der Waals surface area contributed by atoms with Crippen LogP contribution < -0.4 is 4.90 Å². The summed E-state index contributed by atoms with van der Waals surface area (Å²) in [5, 5.41) is 6.10. The van der Waals surface area contributed by atoms with Crippen molar-refractivity contribution >= 4 is 59.2 Å². The predicted octanol–water partition coefficient (Wildman–Crippen LogP) is 11.8. The number of aryl methyl sites for hydroxylation is 3. The van der Waals surface area contributed by atoms with Gasteiger partial charge in [-0.3, -0.25) is 0 Å². The van der Waals surface area contributed by atoms with Crippen LogP contribution in [0.1, 0.15) is 16.7 Å². The fraction of sp³-hybridized carbons (Fsp3) is 0.0811. The molecule has 5 aromatic carbocycles. The van der Waals surface area contributed by atoms with Crippen molar-refractivity contribution in [3.8, 4) is 22.3 Å². The molecule has 7 rings (SSSR count). The number of hydrogen-bond donors (Lipinski definition) is 0. The van der Waals surface area contributed by atoms with Crippen molar-refractivity contribution in [2.75, 3.05) is 4.90 Å². The maximum absolute atomic E-state index is 2.42. The van der Waals surface area contributed by atoms with Crippen LogP contribution in [-0.4, -0.2) is 0 Å². The van der Waals surface area contributed by atoms with Crippen LogP contribution in [-0.2, 0) is 0 Å². The molecule has 2 heterocycles. The molecule has 0 bridgehead atoms. The molecule has 3 heteroatoms. The van der Waals surface area contributed by atoms with E-state index >= 15 is 0 Å². The molecule has 2 aromatic heterocycles. The number of para-hydroxylation sites is 1. The molecule has 0 aliphatic carbocycles. The Kier molecular flexibility index (Phi) is 6.27. The lowest BCUT2D eigenvalue weighted by Gasteiger charge is -2.23. The molecule has 0 spiro atoms. The Bertz CT molecular complexity index is 1900. The Morgan fingerprint density at radius 1 is 0.500 bits per heavy atom. The van der Waals surface area contributed by atoms with Gasteiger partial charge in [-0.25, -0.2) is 0 Å². The fourth-order valence-electron chi connectivity index (χ4n) is 5.73. The van der Waals surface area contributed by atoms with Crippen LogP contribution in [0.5, 0.6) is 0 Å². The fourth-order valence-corrected chi connectivity index (χ4v) is 8.00. The molecule has 0 N–H and O–H groups in total. The van der Waals surface area contributed by atoms with Crippen molar-refractivity contribution in [3.63, 3.8) is 0 Å². The predicted molar refractivity (Wildman–Crippen MR) is 177 cm³/mol. The summed E-state index contributed by atoms with van der Waals surface area (Å²) >= 11 is 3.74. The maximum Gasteiger partial charge on any atom is 0.101 e. The number of rotatable bonds is 5. The highest BCUT2D eigenvalue weighted by atomic mass is 32.1. The van der Waals surface area contributed by atoms with E-state index < -0.39 is 0 Å². The molecular weight excluding hydrogens is 523 g/mol. The molecule has 194 valence electrons. The van der Waals surface area contributed by atoms with Gasteiger partial charge < -0.3 is 4.90 Å². The summed E-state index contributed by atoms with van der Waals surface area (Å²) in [4.78, 5) is 2.41. The largest absolute Gasteiger partial charge is 0.302 e. The summed E-state index contributed by atoms with van der Waals surface area (Å²) in [5.74, 6) is 0. The summed E-state index contributed by atoms with van der Waals surface area (Å²) in [6.45, 7) is 6.53. The molecule has 0 aliphatic heterocycles. The Hall–Kier alpha value is -4.18. The lowest BCUT2D eigenvalue weighted by atomic mass is 9.92. The van der Waals surface area contributed by atoms with Gasteiger partial charge in [0, 0.05) is 42.7 Å². The number of anilines is 3. The van der Waals surface area contributed by atoms with Crippen LogP contribution in [0.15, 0.2) is 121 Å². The number of benzene rings is 5. The van der Waals surface area contributed by atoms with Gasteiger partial charge in [-0.05, 0) is 79.2 Å². The van der Waals surface area contributed by atoms with Gasteiger partial charge in [-0.15, -0.1) is 22.7 Å². The van der Waals surface area contributed by atoms with Crippen molar-refractivity contribution in [2.24, 2.45) is 0 Å². The van der Waals surface area contributed by atoms with E-state index in [0.717, 1.165) is 5.69 Å². The van der Waals surface area contributed by atoms with Crippen LogP contribution in [0.4, 0.5) is 16.4 Å². The number of thiophene rings is 2. The highest BCUT2D eigenvalue weighted by Crippen LogP contribution is 2.52. The Morgan fingerprint density at radius 3 is 1.75 bits per heavy atom. The van der Waals surface area contributed by atoms with Crippen molar-refractivity contribution in [2.45, 2.75) is 20.8 Å². The summed E-state index contributed by atoms with van der Waals surface area (Å²) in [6, 6.07) is 42.2. The van der Waals surface area contributed by atoms with Crippen molar-refractivity contribution in [1.82, 2.24) is 0 Å². The molecule has 0 fully saturated rings. The van der Waals surface area contributed by atoms with E-state index in [2.05, 4.69) is 146 Å². The van der Waals surface area contributed by atoms with Gasteiger partial charge in [0.2, 0.25) is 0 Å². The molecule has 0 atom stereocenters. The zero-order valence-corrected chi connectivity index (χ0v) is 24.4. The summed E-state index contributed by atoms with van der Waals surface area (Å²) in [7, 11) is 0. The Labute approximate surface area is 243 Å². The summed E-state index contributed by atoms with van der Waals surface area (Å²) < 4.78 is 2.68. The van der Waals surface area contributed by atoms with E-state index in [1.165, 1.54) is 69.8 Å². The molecule has 1 nitrogen and oxygen atoms in total. The second-order valence-electron chi connectivity index (χ2n) is 10.5. The smallest absolute Gasteiger partial charge is 0.101 e. The molecular formula is C37H29NS2. The van der Waals surface area contributed by atoms with Crippen LogP contribution in [0, 0.1) is 20.8 Å². The van der Waals surface area contributed by atoms with Crippen LogP contribution >= 0.6 is 22.7 Å². The van der Waals surface area contributed by atoms with Gasteiger partial charge in [0.25, 0.3) is 0 Å². The quantitative estimate of drug-likeness (QED) is 0.206.